The van der Waals surface area contributed by atoms with Gasteiger partial charge in [0.1, 0.15) is 18.1 Å². The van der Waals surface area contributed by atoms with E-state index in [4.69, 9.17) is 0 Å². The van der Waals surface area contributed by atoms with Gasteiger partial charge in [-0.1, -0.05) is 44.7 Å². The van der Waals surface area contributed by atoms with E-state index in [-0.39, 0.29) is 5.41 Å². The van der Waals surface area contributed by atoms with Crippen molar-refractivity contribution in [2.75, 3.05) is 7.05 Å². The van der Waals surface area contributed by atoms with Crippen LogP contribution in [0.1, 0.15) is 25.0 Å². The monoisotopic (exact) mass is 457 g/mol. The molecule has 0 unspecified atom stereocenters. The topological polar surface area (TPSA) is 26.1 Å². The first-order valence-corrected chi connectivity index (χ1v) is 12.0. The summed E-state index contributed by atoms with van der Waals surface area (Å²) in [6.07, 6.45) is 12.0. The van der Waals surface area contributed by atoms with Gasteiger partial charge in [-0.25, -0.2) is 9.13 Å². The van der Waals surface area contributed by atoms with Gasteiger partial charge in [-0.15, -0.1) is 0 Å². The standard InChI is InChI=1S/C31H29N4/c1-6-21(13-14-32-4)35-29-12-11-22(34-16-15-33(5)20-34)17-25(29)26-18-24-23-9-7-8-10-27(23)31(2,3)28(24)19-30(26)35/h6-20H,1H2,2-5H3/q+1/b21-13+,32-14+. The number of imidazole rings is 1. The van der Waals surface area contributed by atoms with E-state index in [2.05, 4.69) is 112 Å². The SMILES string of the molecule is C=C/C(=C\C=N\C)n1c2ccc(-n3cc[n+](C)c3)cc2c2cc3c(cc21)C(C)(C)c1ccccc1-3. The maximum atomic E-state index is 4.19. The lowest BCUT2D eigenvalue weighted by Crippen LogP contribution is -2.23. The van der Waals surface area contributed by atoms with Gasteiger partial charge in [-0.3, -0.25) is 4.99 Å². The van der Waals surface area contributed by atoms with Gasteiger partial charge in [0.2, 0.25) is 6.33 Å². The molecule has 3 aromatic carbocycles. The molecule has 4 heteroatoms. The molecule has 4 nitrogen and oxygen atoms in total. The molecule has 35 heavy (non-hydrogen) atoms. The van der Waals surface area contributed by atoms with Crippen LogP contribution in [0, 0.1) is 0 Å². The lowest BCUT2D eigenvalue weighted by atomic mass is 9.82. The summed E-state index contributed by atoms with van der Waals surface area (Å²) >= 11 is 0. The lowest BCUT2D eigenvalue weighted by Gasteiger charge is -2.21. The molecule has 0 spiro atoms. The number of allylic oxidation sites excluding steroid dienone is 3. The maximum Gasteiger partial charge on any atom is 0.248 e. The molecule has 1 aliphatic carbocycles. The van der Waals surface area contributed by atoms with Crippen LogP contribution < -0.4 is 4.57 Å². The summed E-state index contributed by atoms with van der Waals surface area (Å²) in [6, 6.07) is 20.3. The molecule has 172 valence electrons. The summed E-state index contributed by atoms with van der Waals surface area (Å²) in [7, 11) is 3.83. The number of nitrogens with zero attached hydrogens (tertiary/aromatic N) is 4. The minimum Gasteiger partial charge on any atom is -0.309 e. The molecule has 5 aromatic rings. The van der Waals surface area contributed by atoms with Crippen LogP contribution in [0.4, 0.5) is 0 Å². The van der Waals surface area contributed by atoms with Crippen LogP contribution in [-0.2, 0) is 12.5 Å². The Morgan fingerprint density at radius 1 is 0.971 bits per heavy atom. The number of benzene rings is 3. The van der Waals surface area contributed by atoms with Crippen LogP contribution >= 0.6 is 0 Å². The predicted octanol–water partition coefficient (Wildman–Crippen LogP) is 6.44. The van der Waals surface area contributed by atoms with E-state index < -0.39 is 0 Å². The second-order valence-corrected chi connectivity index (χ2v) is 9.81. The molecule has 0 radical (unpaired) electrons. The molecule has 0 fully saturated rings. The molecule has 2 aromatic heterocycles. The van der Waals surface area contributed by atoms with E-state index >= 15 is 0 Å². The van der Waals surface area contributed by atoms with Crippen molar-refractivity contribution < 1.29 is 4.57 Å². The number of aromatic nitrogens is 3. The number of hydrogen-bond donors (Lipinski definition) is 0. The molecule has 0 bridgehead atoms. The first-order valence-electron chi connectivity index (χ1n) is 12.0. The molecular weight excluding hydrogens is 428 g/mol. The molecule has 6 rings (SSSR count). The summed E-state index contributed by atoms with van der Waals surface area (Å²) < 4.78 is 6.53. The summed E-state index contributed by atoms with van der Waals surface area (Å²) in [4.78, 5) is 4.19. The highest BCUT2D eigenvalue weighted by Gasteiger charge is 2.36. The third-order valence-electron chi connectivity index (χ3n) is 7.38. The molecule has 1 aliphatic rings. The van der Waals surface area contributed by atoms with Crippen molar-refractivity contribution in [1.29, 1.82) is 0 Å². The maximum absolute atomic E-state index is 4.19. The van der Waals surface area contributed by atoms with Crippen molar-refractivity contribution in [1.82, 2.24) is 9.13 Å². The summed E-state index contributed by atoms with van der Waals surface area (Å²) in [6.45, 7) is 8.78. The van der Waals surface area contributed by atoms with Gasteiger partial charge >= 0.3 is 0 Å². The number of rotatable bonds is 4. The Hall–Kier alpha value is -4.18. The van der Waals surface area contributed by atoms with Crippen LogP contribution in [-0.4, -0.2) is 22.4 Å². The fourth-order valence-electron chi connectivity index (χ4n) is 5.63. The van der Waals surface area contributed by atoms with Crippen molar-refractivity contribution >= 4 is 33.7 Å². The van der Waals surface area contributed by atoms with Gasteiger partial charge in [0.15, 0.2) is 0 Å². The summed E-state index contributed by atoms with van der Waals surface area (Å²) in [5, 5.41) is 2.46. The first-order chi connectivity index (χ1) is 16.9. The first kappa shape index (κ1) is 21.4. The number of aryl methyl sites for hydroxylation is 1. The van der Waals surface area contributed by atoms with E-state index in [0.717, 1.165) is 16.9 Å². The normalized spacial score (nSPS) is 14.7. The van der Waals surface area contributed by atoms with Gasteiger partial charge in [0.05, 0.1) is 18.1 Å². The number of aliphatic imine (C=N–C) groups is 1. The van der Waals surface area contributed by atoms with Gasteiger partial charge in [0.25, 0.3) is 0 Å². The van der Waals surface area contributed by atoms with E-state index in [1.807, 2.05) is 25.4 Å². The lowest BCUT2D eigenvalue weighted by molar-refractivity contribution is -0.670. The number of hydrogen-bond acceptors (Lipinski definition) is 1. The average Bonchev–Trinajstić information content (AvgIpc) is 3.50. The molecule has 2 heterocycles. The third-order valence-corrected chi connectivity index (χ3v) is 7.38. The van der Waals surface area contributed by atoms with E-state index in [9.17, 15) is 0 Å². The largest absolute Gasteiger partial charge is 0.309 e. The zero-order valence-electron chi connectivity index (χ0n) is 20.7. The predicted molar refractivity (Wildman–Crippen MR) is 146 cm³/mol. The molecule has 0 saturated carbocycles. The zero-order chi connectivity index (χ0) is 24.3. The van der Waals surface area contributed by atoms with Crippen LogP contribution in [0.3, 0.4) is 0 Å². The fourth-order valence-corrected chi connectivity index (χ4v) is 5.63. The Labute approximate surface area is 205 Å². The van der Waals surface area contributed by atoms with Crippen LogP contribution in [0.25, 0.3) is 44.3 Å². The second kappa shape index (κ2) is 7.67. The van der Waals surface area contributed by atoms with Gasteiger partial charge in [0, 0.05) is 35.1 Å². The summed E-state index contributed by atoms with van der Waals surface area (Å²) in [5.41, 5.74) is 9.83. The van der Waals surface area contributed by atoms with Gasteiger partial charge in [-0.05, 0) is 64.7 Å². The van der Waals surface area contributed by atoms with Gasteiger partial charge < -0.3 is 4.57 Å². The Bertz CT molecular complexity index is 1710. The minimum absolute atomic E-state index is 0.0601. The van der Waals surface area contributed by atoms with Crippen LogP contribution in [0.15, 0.2) is 97.0 Å². The smallest absolute Gasteiger partial charge is 0.248 e. The molecule has 0 saturated heterocycles. The van der Waals surface area contributed by atoms with Crippen molar-refractivity contribution in [2.24, 2.45) is 12.0 Å². The Morgan fingerprint density at radius 2 is 1.77 bits per heavy atom. The highest BCUT2D eigenvalue weighted by molar-refractivity contribution is 6.13. The van der Waals surface area contributed by atoms with E-state index in [1.54, 1.807) is 7.05 Å². The van der Waals surface area contributed by atoms with Crippen LogP contribution in [0.5, 0.6) is 0 Å². The summed E-state index contributed by atoms with van der Waals surface area (Å²) in [5.74, 6) is 0. The number of fused-ring (bicyclic) bond motifs is 6. The van der Waals surface area contributed by atoms with E-state index in [1.165, 1.54) is 38.5 Å². The van der Waals surface area contributed by atoms with Crippen molar-refractivity contribution in [3.8, 4) is 16.8 Å². The molecule has 0 atom stereocenters. The van der Waals surface area contributed by atoms with Gasteiger partial charge in [-0.2, -0.15) is 0 Å². The Kier molecular flexibility index (Phi) is 4.68. The third kappa shape index (κ3) is 3.06. The quantitative estimate of drug-likeness (QED) is 0.169. The highest BCUT2D eigenvalue weighted by atomic mass is 15.1. The molecule has 0 N–H and O–H groups in total. The van der Waals surface area contributed by atoms with E-state index in [0.29, 0.717) is 0 Å². The fraction of sp³-hybridized carbons (Fsp3) is 0.161. The Balaban J connectivity index is 1.73. The Morgan fingerprint density at radius 3 is 2.51 bits per heavy atom. The highest BCUT2D eigenvalue weighted by Crippen LogP contribution is 2.51. The molecule has 0 aliphatic heterocycles. The van der Waals surface area contributed by atoms with Crippen molar-refractivity contribution in [3.63, 3.8) is 0 Å². The zero-order valence-corrected chi connectivity index (χ0v) is 20.7. The van der Waals surface area contributed by atoms with Crippen molar-refractivity contribution in [2.45, 2.75) is 19.3 Å². The molecular formula is C31H29N4+. The van der Waals surface area contributed by atoms with Crippen LogP contribution in [0.2, 0.25) is 0 Å². The minimum atomic E-state index is -0.0601. The molecule has 0 amide bonds. The second-order valence-electron chi connectivity index (χ2n) is 9.81. The van der Waals surface area contributed by atoms with Crippen molar-refractivity contribution in [3.05, 3.63) is 103 Å². The average molecular weight is 458 g/mol.